The highest BCUT2D eigenvalue weighted by Crippen LogP contribution is 2.21. The van der Waals surface area contributed by atoms with Gasteiger partial charge in [0.1, 0.15) is 5.82 Å². The lowest BCUT2D eigenvalue weighted by atomic mass is 10.3. The second kappa shape index (κ2) is 7.29. The maximum atomic E-state index is 13.2. The summed E-state index contributed by atoms with van der Waals surface area (Å²) in [6.45, 7) is 1.86. The van der Waals surface area contributed by atoms with Crippen LogP contribution in [-0.2, 0) is 4.79 Å². The summed E-state index contributed by atoms with van der Waals surface area (Å²) in [6.07, 6.45) is -0.232. The van der Waals surface area contributed by atoms with Crippen molar-refractivity contribution >= 4 is 17.7 Å². The maximum absolute atomic E-state index is 13.2. The van der Waals surface area contributed by atoms with Crippen LogP contribution in [0.2, 0.25) is 0 Å². The van der Waals surface area contributed by atoms with Crippen LogP contribution in [0.4, 0.5) is 4.39 Å². The molecule has 1 amide bonds. The average molecular weight is 257 g/mol. The zero-order chi connectivity index (χ0) is 12.7. The topological polar surface area (TPSA) is 49.3 Å². The van der Waals surface area contributed by atoms with Gasteiger partial charge in [0.05, 0.1) is 6.10 Å². The number of nitrogens with one attached hydrogen (secondary N) is 1. The van der Waals surface area contributed by atoms with Crippen LogP contribution in [0, 0.1) is 5.82 Å². The molecule has 0 heterocycles. The van der Waals surface area contributed by atoms with Crippen LogP contribution in [0.3, 0.4) is 0 Å². The molecule has 0 aliphatic carbocycles. The van der Waals surface area contributed by atoms with Crippen LogP contribution in [-0.4, -0.2) is 29.4 Å². The smallest absolute Gasteiger partial charge is 0.220 e. The van der Waals surface area contributed by atoms with Gasteiger partial charge in [-0.25, -0.2) is 4.39 Å². The fourth-order valence-corrected chi connectivity index (χ4v) is 2.05. The third-order valence-electron chi connectivity index (χ3n) is 2.02. The molecule has 1 atom stereocenters. The number of rotatable bonds is 6. The number of thioether (sulfide) groups is 1. The third-order valence-corrected chi connectivity index (χ3v) is 3.07. The fourth-order valence-electron chi connectivity index (χ4n) is 1.17. The molecule has 0 saturated heterocycles. The highest BCUT2D eigenvalue weighted by molar-refractivity contribution is 7.99. The molecule has 0 aromatic heterocycles. The van der Waals surface area contributed by atoms with Gasteiger partial charge in [0.25, 0.3) is 0 Å². The summed E-state index contributed by atoms with van der Waals surface area (Å²) in [4.78, 5) is 11.8. The lowest BCUT2D eigenvalue weighted by Crippen LogP contribution is -2.30. The fraction of sp³-hybridized carbons (Fsp3) is 0.417. The monoisotopic (exact) mass is 257 g/mol. The lowest BCUT2D eigenvalue weighted by Gasteiger charge is -2.07. The van der Waals surface area contributed by atoms with E-state index in [2.05, 4.69) is 5.32 Å². The average Bonchev–Trinajstić information content (AvgIpc) is 2.29. The van der Waals surface area contributed by atoms with Crippen molar-refractivity contribution in [3.05, 3.63) is 30.1 Å². The minimum absolute atomic E-state index is 0.130. The molecule has 0 radical (unpaired) electrons. The van der Waals surface area contributed by atoms with Gasteiger partial charge in [0, 0.05) is 23.6 Å². The maximum Gasteiger partial charge on any atom is 0.220 e. The van der Waals surface area contributed by atoms with Crippen molar-refractivity contribution in [3.8, 4) is 0 Å². The van der Waals surface area contributed by atoms with Crippen LogP contribution in [0.1, 0.15) is 13.3 Å². The molecule has 5 heteroatoms. The van der Waals surface area contributed by atoms with E-state index in [-0.39, 0.29) is 18.3 Å². The summed E-state index contributed by atoms with van der Waals surface area (Å²) in [5.74, 6) is 0.128. The molecule has 94 valence electrons. The zero-order valence-corrected chi connectivity index (χ0v) is 10.5. The van der Waals surface area contributed by atoms with Crippen molar-refractivity contribution in [2.45, 2.75) is 24.3 Å². The molecule has 1 unspecified atom stereocenters. The molecular formula is C12H16FNO2S. The minimum Gasteiger partial charge on any atom is -0.392 e. The number of carbonyl (C=O) groups excluding carboxylic acids is 1. The van der Waals surface area contributed by atoms with Crippen molar-refractivity contribution in [2.24, 2.45) is 0 Å². The standard InChI is InChI=1S/C12H16FNO2S/c1-9(15)8-14-12(16)6-7-17-11-5-3-2-4-10(11)13/h2-5,9,15H,6-8H2,1H3,(H,14,16). The van der Waals surface area contributed by atoms with Gasteiger partial charge < -0.3 is 10.4 Å². The predicted octanol–water partition coefficient (Wildman–Crippen LogP) is 1.80. The van der Waals surface area contributed by atoms with Crippen LogP contribution in [0.25, 0.3) is 0 Å². The normalized spacial score (nSPS) is 12.2. The van der Waals surface area contributed by atoms with Crippen molar-refractivity contribution in [1.29, 1.82) is 0 Å². The Morgan fingerprint density at radius 1 is 1.53 bits per heavy atom. The minimum atomic E-state index is -0.543. The Morgan fingerprint density at radius 3 is 2.88 bits per heavy atom. The summed E-state index contributed by atoms with van der Waals surface area (Å²) >= 11 is 1.31. The van der Waals surface area contributed by atoms with Gasteiger partial charge in [0.15, 0.2) is 0 Å². The van der Waals surface area contributed by atoms with Gasteiger partial charge in [-0.3, -0.25) is 4.79 Å². The molecule has 0 fully saturated rings. The van der Waals surface area contributed by atoms with E-state index in [1.807, 2.05) is 0 Å². The van der Waals surface area contributed by atoms with Crippen molar-refractivity contribution < 1.29 is 14.3 Å². The molecule has 0 saturated carbocycles. The third kappa shape index (κ3) is 5.70. The van der Waals surface area contributed by atoms with E-state index in [1.165, 1.54) is 17.8 Å². The Balaban J connectivity index is 2.24. The molecule has 2 N–H and O–H groups in total. The highest BCUT2D eigenvalue weighted by atomic mass is 32.2. The van der Waals surface area contributed by atoms with Crippen LogP contribution >= 0.6 is 11.8 Å². The van der Waals surface area contributed by atoms with Crippen LogP contribution in [0.5, 0.6) is 0 Å². The first-order chi connectivity index (χ1) is 8.09. The number of aliphatic hydroxyl groups excluding tert-OH is 1. The molecule has 0 spiro atoms. The summed E-state index contributed by atoms with van der Waals surface area (Å²) in [6, 6.07) is 6.48. The van der Waals surface area contributed by atoms with Crippen LogP contribution in [0.15, 0.2) is 29.2 Å². The molecule has 1 aromatic rings. The Bertz CT molecular complexity index is 371. The van der Waals surface area contributed by atoms with Crippen molar-refractivity contribution in [2.75, 3.05) is 12.3 Å². The van der Waals surface area contributed by atoms with E-state index in [0.29, 0.717) is 17.1 Å². The number of hydrogen-bond acceptors (Lipinski definition) is 3. The molecular weight excluding hydrogens is 241 g/mol. The second-order valence-electron chi connectivity index (χ2n) is 3.68. The Hall–Kier alpha value is -1.07. The number of amides is 1. The number of carbonyl (C=O) groups is 1. The van der Waals surface area contributed by atoms with Crippen molar-refractivity contribution in [1.82, 2.24) is 5.32 Å². The molecule has 0 aliphatic heterocycles. The van der Waals surface area contributed by atoms with E-state index < -0.39 is 6.10 Å². The predicted molar refractivity (Wildman–Crippen MR) is 66.4 cm³/mol. The molecule has 1 rings (SSSR count). The zero-order valence-electron chi connectivity index (χ0n) is 9.65. The molecule has 1 aromatic carbocycles. The van der Waals surface area contributed by atoms with Gasteiger partial charge >= 0.3 is 0 Å². The Morgan fingerprint density at radius 2 is 2.24 bits per heavy atom. The SMILES string of the molecule is CC(O)CNC(=O)CCSc1ccccc1F. The van der Waals surface area contributed by atoms with Gasteiger partial charge in [-0.2, -0.15) is 0 Å². The summed E-state index contributed by atoms with van der Waals surface area (Å²) < 4.78 is 13.2. The Kier molecular flexibility index (Phi) is 6.00. The first-order valence-electron chi connectivity index (χ1n) is 5.41. The first-order valence-corrected chi connectivity index (χ1v) is 6.40. The van der Waals surface area contributed by atoms with Gasteiger partial charge in [-0.1, -0.05) is 12.1 Å². The van der Waals surface area contributed by atoms with Gasteiger partial charge in [-0.15, -0.1) is 11.8 Å². The summed E-state index contributed by atoms with van der Waals surface area (Å²) in [5.41, 5.74) is 0. The van der Waals surface area contributed by atoms with E-state index >= 15 is 0 Å². The second-order valence-corrected chi connectivity index (χ2v) is 4.82. The van der Waals surface area contributed by atoms with Gasteiger partial charge in [0.2, 0.25) is 5.91 Å². The Labute approximate surface area is 104 Å². The number of hydrogen-bond donors (Lipinski definition) is 2. The molecule has 17 heavy (non-hydrogen) atoms. The van der Waals surface area contributed by atoms with Crippen molar-refractivity contribution in [3.63, 3.8) is 0 Å². The van der Waals surface area contributed by atoms with E-state index in [4.69, 9.17) is 5.11 Å². The first kappa shape index (κ1) is 14.0. The summed E-state index contributed by atoms with van der Waals surface area (Å²) in [5, 5.41) is 11.6. The van der Waals surface area contributed by atoms with E-state index in [9.17, 15) is 9.18 Å². The van der Waals surface area contributed by atoms with Crippen LogP contribution < -0.4 is 5.32 Å². The number of aliphatic hydroxyl groups is 1. The molecule has 3 nitrogen and oxygen atoms in total. The van der Waals surface area contributed by atoms with E-state index in [1.54, 1.807) is 25.1 Å². The quantitative estimate of drug-likeness (QED) is 0.764. The number of halogens is 1. The number of benzene rings is 1. The molecule has 0 bridgehead atoms. The van der Waals surface area contributed by atoms with E-state index in [0.717, 1.165) is 0 Å². The van der Waals surface area contributed by atoms with Gasteiger partial charge in [-0.05, 0) is 19.1 Å². The molecule has 0 aliphatic rings. The largest absolute Gasteiger partial charge is 0.392 e. The lowest BCUT2D eigenvalue weighted by molar-refractivity contribution is -0.121. The highest BCUT2D eigenvalue weighted by Gasteiger charge is 2.05. The summed E-state index contributed by atoms with van der Waals surface area (Å²) in [7, 11) is 0.